The number of hydrogen-bond acceptors (Lipinski definition) is 2. The van der Waals surface area contributed by atoms with Gasteiger partial charge in [0.25, 0.3) is 0 Å². The third kappa shape index (κ3) is 3.51. The SMILES string of the molecule is C=C(CC)ON(CC)CC. The topological polar surface area (TPSA) is 12.5 Å². The van der Waals surface area contributed by atoms with Gasteiger partial charge in [-0.15, -0.1) is 5.06 Å². The number of nitrogens with zero attached hydrogens (tertiary/aromatic N) is 1. The molecule has 0 N–H and O–H groups in total. The van der Waals surface area contributed by atoms with E-state index in [0.29, 0.717) is 0 Å². The summed E-state index contributed by atoms with van der Waals surface area (Å²) >= 11 is 0. The van der Waals surface area contributed by atoms with Crippen molar-refractivity contribution >= 4 is 0 Å². The molecule has 2 heteroatoms. The Morgan fingerprint density at radius 1 is 1.30 bits per heavy atom. The fraction of sp³-hybridized carbons (Fsp3) is 0.750. The summed E-state index contributed by atoms with van der Waals surface area (Å²) < 4.78 is 0. The first kappa shape index (κ1) is 9.50. The molecule has 0 aromatic heterocycles. The standard InChI is InChI=1S/C8H17NO/c1-5-8(4)10-9(6-2)7-3/h4-7H2,1-3H3. The van der Waals surface area contributed by atoms with Crippen LogP contribution in [0.15, 0.2) is 12.3 Å². The lowest BCUT2D eigenvalue weighted by Crippen LogP contribution is -2.22. The van der Waals surface area contributed by atoms with Gasteiger partial charge in [0.1, 0.15) is 5.76 Å². The maximum atomic E-state index is 5.34. The minimum absolute atomic E-state index is 0.837. The van der Waals surface area contributed by atoms with Gasteiger partial charge in [0.05, 0.1) is 0 Å². The molecule has 0 rings (SSSR count). The molecule has 10 heavy (non-hydrogen) atoms. The van der Waals surface area contributed by atoms with E-state index < -0.39 is 0 Å². The van der Waals surface area contributed by atoms with Crippen LogP contribution in [0.5, 0.6) is 0 Å². The average Bonchev–Trinajstić information content (AvgIpc) is 1.99. The maximum Gasteiger partial charge on any atom is 0.117 e. The summed E-state index contributed by atoms with van der Waals surface area (Å²) in [4.78, 5) is 5.34. The Morgan fingerprint density at radius 3 is 2.10 bits per heavy atom. The van der Waals surface area contributed by atoms with E-state index in [2.05, 4.69) is 20.4 Å². The quantitative estimate of drug-likeness (QED) is 0.432. The van der Waals surface area contributed by atoms with Crippen molar-refractivity contribution in [3.05, 3.63) is 12.3 Å². The molecule has 0 aliphatic carbocycles. The second-order valence-corrected chi connectivity index (χ2v) is 2.10. The van der Waals surface area contributed by atoms with Crippen LogP contribution in [0.2, 0.25) is 0 Å². The average molecular weight is 143 g/mol. The van der Waals surface area contributed by atoms with Gasteiger partial charge in [0, 0.05) is 19.5 Å². The lowest BCUT2D eigenvalue weighted by atomic mass is 10.4. The van der Waals surface area contributed by atoms with Crippen molar-refractivity contribution in [2.45, 2.75) is 27.2 Å². The summed E-state index contributed by atoms with van der Waals surface area (Å²) in [6, 6.07) is 0. The molecule has 0 unspecified atom stereocenters. The summed E-state index contributed by atoms with van der Waals surface area (Å²) in [7, 11) is 0. The molecule has 0 bridgehead atoms. The Morgan fingerprint density at radius 2 is 1.80 bits per heavy atom. The zero-order valence-corrected chi connectivity index (χ0v) is 7.18. The second-order valence-electron chi connectivity index (χ2n) is 2.10. The molecule has 0 aromatic carbocycles. The molecule has 2 nitrogen and oxygen atoms in total. The Balaban J connectivity index is 3.52. The van der Waals surface area contributed by atoms with E-state index in [4.69, 9.17) is 4.84 Å². The van der Waals surface area contributed by atoms with E-state index >= 15 is 0 Å². The second kappa shape index (κ2) is 5.30. The van der Waals surface area contributed by atoms with E-state index in [1.54, 1.807) is 0 Å². The van der Waals surface area contributed by atoms with Crippen LogP contribution in [0.25, 0.3) is 0 Å². The monoisotopic (exact) mass is 143 g/mol. The van der Waals surface area contributed by atoms with Crippen LogP contribution in [0.1, 0.15) is 27.2 Å². The molecule has 0 aliphatic heterocycles. The highest BCUT2D eigenvalue weighted by atomic mass is 16.7. The van der Waals surface area contributed by atoms with E-state index in [0.717, 1.165) is 25.3 Å². The summed E-state index contributed by atoms with van der Waals surface area (Å²) in [5, 5.41) is 1.88. The van der Waals surface area contributed by atoms with Gasteiger partial charge in [-0.1, -0.05) is 13.5 Å². The Kier molecular flexibility index (Phi) is 5.03. The molecule has 0 fully saturated rings. The van der Waals surface area contributed by atoms with Gasteiger partial charge in [0.2, 0.25) is 0 Å². The van der Waals surface area contributed by atoms with Crippen molar-refractivity contribution in [2.24, 2.45) is 0 Å². The highest BCUT2D eigenvalue weighted by Crippen LogP contribution is 2.02. The number of rotatable bonds is 5. The minimum atomic E-state index is 0.837. The molecule has 0 aliphatic rings. The van der Waals surface area contributed by atoms with Crippen LogP contribution in [0.4, 0.5) is 0 Å². The van der Waals surface area contributed by atoms with E-state index in [1.807, 2.05) is 12.0 Å². The molecule has 0 atom stereocenters. The van der Waals surface area contributed by atoms with Crippen LogP contribution in [-0.4, -0.2) is 18.2 Å². The Bertz CT molecular complexity index is 97.4. The molecule has 0 aromatic rings. The minimum Gasteiger partial charge on any atom is -0.411 e. The lowest BCUT2D eigenvalue weighted by Gasteiger charge is -2.19. The Hall–Kier alpha value is -0.500. The van der Waals surface area contributed by atoms with E-state index in [1.165, 1.54) is 0 Å². The molecule has 0 saturated heterocycles. The summed E-state index contributed by atoms with van der Waals surface area (Å²) in [6.07, 6.45) is 0.885. The maximum absolute atomic E-state index is 5.34. The lowest BCUT2D eigenvalue weighted by molar-refractivity contribution is -0.113. The number of allylic oxidation sites excluding steroid dienone is 1. The third-order valence-corrected chi connectivity index (χ3v) is 1.36. The first-order valence-corrected chi connectivity index (χ1v) is 3.85. The van der Waals surface area contributed by atoms with Crippen LogP contribution in [0, 0.1) is 0 Å². The molecule has 0 amide bonds. The van der Waals surface area contributed by atoms with Gasteiger partial charge in [-0.3, -0.25) is 0 Å². The fourth-order valence-corrected chi connectivity index (χ4v) is 0.600. The highest BCUT2D eigenvalue weighted by molar-refractivity contribution is 4.78. The summed E-state index contributed by atoms with van der Waals surface area (Å²) in [5.74, 6) is 0.837. The van der Waals surface area contributed by atoms with Crippen LogP contribution in [0.3, 0.4) is 0 Å². The summed E-state index contributed by atoms with van der Waals surface area (Å²) in [5.41, 5.74) is 0. The number of hydroxylamine groups is 2. The normalized spacial score (nSPS) is 10.0. The van der Waals surface area contributed by atoms with E-state index in [9.17, 15) is 0 Å². The predicted molar refractivity (Wildman–Crippen MR) is 43.4 cm³/mol. The van der Waals surface area contributed by atoms with Crippen molar-refractivity contribution in [1.29, 1.82) is 0 Å². The molecular weight excluding hydrogens is 126 g/mol. The van der Waals surface area contributed by atoms with E-state index in [-0.39, 0.29) is 0 Å². The molecular formula is C8H17NO. The summed E-state index contributed by atoms with van der Waals surface area (Å²) in [6.45, 7) is 11.7. The van der Waals surface area contributed by atoms with Crippen molar-refractivity contribution in [3.63, 3.8) is 0 Å². The van der Waals surface area contributed by atoms with Crippen molar-refractivity contribution in [3.8, 4) is 0 Å². The van der Waals surface area contributed by atoms with Crippen molar-refractivity contribution in [1.82, 2.24) is 5.06 Å². The van der Waals surface area contributed by atoms with Gasteiger partial charge in [-0.05, 0) is 13.8 Å². The molecule has 0 saturated carbocycles. The molecule has 0 radical (unpaired) electrons. The smallest absolute Gasteiger partial charge is 0.117 e. The third-order valence-electron chi connectivity index (χ3n) is 1.36. The van der Waals surface area contributed by atoms with Crippen LogP contribution >= 0.6 is 0 Å². The number of hydrogen-bond donors (Lipinski definition) is 0. The molecule has 0 spiro atoms. The van der Waals surface area contributed by atoms with Crippen molar-refractivity contribution in [2.75, 3.05) is 13.1 Å². The van der Waals surface area contributed by atoms with Gasteiger partial charge >= 0.3 is 0 Å². The van der Waals surface area contributed by atoms with Gasteiger partial charge in [-0.25, -0.2) is 0 Å². The van der Waals surface area contributed by atoms with Gasteiger partial charge in [-0.2, -0.15) is 0 Å². The van der Waals surface area contributed by atoms with Gasteiger partial charge < -0.3 is 4.84 Å². The largest absolute Gasteiger partial charge is 0.411 e. The predicted octanol–water partition coefficient (Wildman–Crippen LogP) is 2.18. The molecule has 60 valence electrons. The zero-order valence-electron chi connectivity index (χ0n) is 7.18. The van der Waals surface area contributed by atoms with Gasteiger partial charge in [0.15, 0.2) is 0 Å². The first-order valence-electron chi connectivity index (χ1n) is 3.85. The zero-order chi connectivity index (χ0) is 7.98. The molecule has 0 heterocycles. The van der Waals surface area contributed by atoms with Crippen molar-refractivity contribution < 1.29 is 4.84 Å². The highest BCUT2D eigenvalue weighted by Gasteiger charge is 1.99. The first-order chi connectivity index (χ1) is 4.74. The Labute approximate surface area is 63.4 Å². The van der Waals surface area contributed by atoms with Crippen LogP contribution in [-0.2, 0) is 4.84 Å². The van der Waals surface area contributed by atoms with Crippen LogP contribution < -0.4 is 0 Å². The fourth-order valence-electron chi connectivity index (χ4n) is 0.600.